The molecule has 19 heavy (non-hydrogen) atoms. The van der Waals surface area contributed by atoms with E-state index >= 15 is 0 Å². The highest BCUT2D eigenvalue weighted by atomic mass is 15.0. The average Bonchev–Trinajstić information content (AvgIpc) is 2.82. The van der Waals surface area contributed by atoms with Crippen LogP contribution >= 0.6 is 0 Å². The molecule has 1 aromatic carbocycles. The Labute approximate surface area is 112 Å². The standard InChI is InChI=1S/C16H17N3/c1-19(2)11-13-10-18-16-14(4-3-5-15(13)16)12-6-8-17-9-7-12/h3-10,18H,11H2,1-2H3. The lowest BCUT2D eigenvalue weighted by atomic mass is 10.0. The van der Waals surface area contributed by atoms with Gasteiger partial charge in [0, 0.05) is 36.1 Å². The van der Waals surface area contributed by atoms with Crippen molar-refractivity contribution >= 4 is 10.9 Å². The molecule has 96 valence electrons. The van der Waals surface area contributed by atoms with Crippen LogP contribution in [0.4, 0.5) is 0 Å². The maximum Gasteiger partial charge on any atom is 0.0536 e. The first-order valence-corrected chi connectivity index (χ1v) is 6.40. The number of para-hydroxylation sites is 1. The Morgan fingerprint density at radius 3 is 2.63 bits per heavy atom. The van der Waals surface area contributed by atoms with E-state index in [0.29, 0.717) is 0 Å². The van der Waals surface area contributed by atoms with E-state index in [2.05, 4.69) is 53.4 Å². The lowest BCUT2D eigenvalue weighted by Gasteiger charge is -2.08. The van der Waals surface area contributed by atoms with E-state index in [1.807, 2.05) is 24.5 Å². The smallest absolute Gasteiger partial charge is 0.0536 e. The average molecular weight is 251 g/mol. The number of aromatic nitrogens is 2. The first-order valence-electron chi connectivity index (χ1n) is 6.40. The second-order valence-electron chi connectivity index (χ2n) is 5.02. The summed E-state index contributed by atoms with van der Waals surface area (Å²) in [5.41, 5.74) is 4.95. The van der Waals surface area contributed by atoms with Gasteiger partial charge in [0.15, 0.2) is 0 Å². The third-order valence-electron chi connectivity index (χ3n) is 3.28. The number of nitrogens with zero attached hydrogens (tertiary/aromatic N) is 2. The Kier molecular flexibility index (Phi) is 3.05. The maximum absolute atomic E-state index is 4.08. The minimum Gasteiger partial charge on any atom is -0.360 e. The van der Waals surface area contributed by atoms with Crippen LogP contribution in [-0.2, 0) is 6.54 Å². The molecule has 0 aliphatic carbocycles. The summed E-state index contributed by atoms with van der Waals surface area (Å²) in [6, 6.07) is 10.5. The highest BCUT2D eigenvalue weighted by Crippen LogP contribution is 2.29. The zero-order valence-corrected chi connectivity index (χ0v) is 11.2. The van der Waals surface area contributed by atoms with Gasteiger partial charge < -0.3 is 9.88 Å². The molecule has 3 heteroatoms. The number of hydrogen-bond acceptors (Lipinski definition) is 2. The largest absolute Gasteiger partial charge is 0.360 e. The molecule has 0 saturated carbocycles. The van der Waals surface area contributed by atoms with Crippen LogP contribution in [0.15, 0.2) is 48.9 Å². The summed E-state index contributed by atoms with van der Waals surface area (Å²) in [6.07, 6.45) is 5.77. The van der Waals surface area contributed by atoms with Crippen LogP contribution < -0.4 is 0 Å². The summed E-state index contributed by atoms with van der Waals surface area (Å²) < 4.78 is 0. The molecular weight excluding hydrogens is 234 g/mol. The molecule has 0 aliphatic rings. The molecule has 2 aromatic heterocycles. The summed E-state index contributed by atoms with van der Waals surface area (Å²) in [5, 5.41) is 1.29. The quantitative estimate of drug-likeness (QED) is 0.774. The minimum absolute atomic E-state index is 0.944. The van der Waals surface area contributed by atoms with Crippen molar-refractivity contribution in [2.45, 2.75) is 6.54 Å². The Bertz CT molecular complexity index is 684. The molecule has 1 N–H and O–H groups in total. The molecule has 0 unspecified atom stereocenters. The van der Waals surface area contributed by atoms with Crippen LogP contribution in [0.25, 0.3) is 22.0 Å². The monoisotopic (exact) mass is 251 g/mol. The highest BCUT2D eigenvalue weighted by Gasteiger charge is 2.09. The fraction of sp³-hybridized carbons (Fsp3) is 0.188. The Morgan fingerprint density at radius 1 is 1.11 bits per heavy atom. The topological polar surface area (TPSA) is 31.9 Å². The van der Waals surface area contributed by atoms with Gasteiger partial charge in [-0.05, 0) is 37.4 Å². The van der Waals surface area contributed by atoms with Gasteiger partial charge in [0.2, 0.25) is 0 Å². The molecule has 0 spiro atoms. The SMILES string of the molecule is CN(C)Cc1c[nH]c2c(-c3ccncc3)cccc12. The van der Waals surface area contributed by atoms with E-state index in [9.17, 15) is 0 Å². The van der Waals surface area contributed by atoms with Crippen LogP contribution in [0.1, 0.15) is 5.56 Å². The molecule has 2 heterocycles. The normalized spacial score (nSPS) is 11.3. The van der Waals surface area contributed by atoms with Gasteiger partial charge >= 0.3 is 0 Å². The summed E-state index contributed by atoms with van der Waals surface area (Å²) in [7, 11) is 4.18. The molecule has 0 saturated heterocycles. The Hall–Kier alpha value is -2.13. The van der Waals surface area contributed by atoms with Gasteiger partial charge in [-0.25, -0.2) is 0 Å². The number of pyridine rings is 1. The zero-order valence-electron chi connectivity index (χ0n) is 11.2. The maximum atomic E-state index is 4.08. The van der Waals surface area contributed by atoms with Crippen molar-refractivity contribution in [1.29, 1.82) is 0 Å². The predicted octanol–water partition coefficient (Wildman–Crippen LogP) is 3.29. The van der Waals surface area contributed by atoms with Crippen molar-refractivity contribution < 1.29 is 0 Å². The summed E-state index contributed by atoms with van der Waals surface area (Å²) in [6.45, 7) is 0.944. The zero-order chi connectivity index (χ0) is 13.2. The summed E-state index contributed by atoms with van der Waals surface area (Å²) in [5.74, 6) is 0. The van der Waals surface area contributed by atoms with Gasteiger partial charge in [0.25, 0.3) is 0 Å². The molecule has 0 atom stereocenters. The molecule has 0 aliphatic heterocycles. The fourth-order valence-electron chi connectivity index (χ4n) is 2.46. The number of fused-ring (bicyclic) bond motifs is 1. The number of aromatic amines is 1. The van der Waals surface area contributed by atoms with E-state index in [-0.39, 0.29) is 0 Å². The van der Waals surface area contributed by atoms with Gasteiger partial charge in [-0.3, -0.25) is 4.98 Å². The minimum atomic E-state index is 0.944. The first kappa shape index (κ1) is 11.9. The lowest BCUT2D eigenvalue weighted by molar-refractivity contribution is 0.404. The van der Waals surface area contributed by atoms with Gasteiger partial charge in [-0.15, -0.1) is 0 Å². The van der Waals surface area contributed by atoms with Gasteiger partial charge in [0.05, 0.1) is 5.52 Å². The molecule has 3 rings (SSSR count). The Balaban J connectivity index is 2.15. The second-order valence-corrected chi connectivity index (χ2v) is 5.02. The fourth-order valence-corrected chi connectivity index (χ4v) is 2.46. The first-order chi connectivity index (χ1) is 9.25. The molecule has 3 nitrogen and oxygen atoms in total. The van der Waals surface area contributed by atoms with E-state index in [1.54, 1.807) is 0 Å². The van der Waals surface area contributed by atoms with Crippen molar-refractivity contribution in [3.63, 3.8) is 0 Å². The molecule has 0 bridgehead atoms. The highest BCUT2D eigenvalue weighted by molar-refractivity contribution is 5.96. The van der Waals surface area contributed by atoms with E-state index in [0.717, 1.165) is 6.54 Å². The third kappa shape index (κ3) is 2.25. The molecular formula is C16H17N3. The van der Waals surface area contributed by atoms with Crippen LogP contribution in [0, 0.1) is 0 Å². The molecule has 3 aromatic rings. The van der Waals surface area contributed by atoms with Crippen LogP contribution in [0.3, 0.4) is 0 Å². The summed E-state index contributed by atoms with van der Waals surface area (Å²) in [4.78, 5) is 9.67. The number of hydrogen-bond donors (Lipinski definition) is 1. The molecule has 0 radical (unpaired) electrons. The van der Waals surface area contributed by atoms with Crippen molar-refractivity contribution in [2.24, 2.45) is 0 Å². The number of nitrogens with one attached hydrogen (secondary N) is 1. The molecule has 0 amide bonds. The number of benzene rings is 1. The molecule has 0 fully saturated rings. The van der Waals surface area contributed by atoms with Crippen molar-refractivity contribution in [1.82, 2.24) is 14.9 Å². The number of H-pyrrole nitrogens is 1. The van der Waals surface area contributed by atoms with E-state index in [1.165, 1.54) is 27.6 Å². The van der Waals surface area contributed by atoms with Gasteiger partial charge in [-0.2, -0.15) is 0 Å². The van der Waals surface area contributed by atoms with E-state index in [4.69, 9.17) is 0 Å². The van der Waals surface area contributed by atoms with Crippen LogP contribution in [0.5, 0.6) is 0 Å². The Morgan fingerprint density at radius 2 is 1.89 bits per heavy atom. The predicted molar refractivity (Wildman–Crippen MR) is 78.9 cm³/mol. The van der Waals surface area contributed by atoms with Crippen LogP contribution in [0.2, 0.25) is 0 Å². The van der Waals surface area contributed by atoms with Gasteiger partial charge in [0.1, 0.15) is 0 Å². The third-order valence-corrected chi connectivity index (χ3v) is 3.28. The lowest BCUT2D eigenvalue weighted by Crippen LogP contribution is -2.09. The van der Waals surface area contributed by atoms with Crippen molar-refractivity contribution in [3.05, 3.63) is 54.5 Å². The van der Waals surface area contributed by atoms with Gasteiger partial charge in [-0.1, -0.05) is 18.2 Å². The summed E-state index contributed by atoms with van der Waals surface area (Å²) >= 11 is 0. The van der Waals surface area contributed by atoms with Crippen molar-refractivity contribution in [2.75, 3.05) is 14.1 Å². The van der Waals surface area contributed by atoms with Crippen LogP contribution in [-0.4, -0.2) is 29.0 Å². The second kappa shape index (κ2) is 4.86. The van der Waals surface area contributed by atoms with Crippen molar-refractivity contribution in [3.8, 4) is 11.1 Å². The number of rotatable bonds is 3. The van der Waals surface area contributed by atoms with E-state index < -0.39 is 0 Å².